The van der Waals surface area contributed by atoms with E-state index in [0.717, 1.165) is 9.47 Å². The summed E-state index contributed by atoms with van der Waals surface area (Å²) >= 11 is 0. The average molecular weight is 515 g/mol. The lowest BCUT2D eigenvalue weighted by Crippen LogP contribution is -2.36. The van der Waals surface area contributed by atoms with E-state index in [-0.39, 0.29) is 25.3 Å². The second-order valence-corrected chi connectivity index (χ2v) is 8.82. The summed E-state index contributed by atoms with van der Waals surface area (Å²) in [4.78, 5) is 43.1. The number of aromatic nitrogens is 2. The number of nitrogens with zero attached hydrogens (tertiary/aromatic N) is 3. The molecule has 37 heavy (non-hydrogen) atoms. The fourth-order valence-electron chi connectivity index (χ4n) is 4.17. The summed E-state index contributed by atoms with van der Waals surface area (Å²) in [6, 6.07) is 12.7. The molecule has 2 aromatic carbocycles. The summed E-state index contributed by atoms with van der Waals surface area (Å²) in [5, 5.41) is 10.3. The van der Waals surface area contributed by atoms with Crippen LogP contribution in [-0.4, -0.2) is 43.9 Å². The van der Waals surface area contributed by atoms with Crippen LogP contribution in [0.5, 0.6) is 5.75 Å². The van der Waals surface area contributed by atoms with E-state index < -0.39 is 59.6 Å². The first-order chi connectivity index (χ1) is 17.6. The number of Topliss-reactive ketones (excluding diaryl/α,β-unsaturated/α-hetero) is 1. The number of aryl methyl sites for hydroxylation is 1. The lowest BCUT2D eigenvalue weighted by Gasteiger charge is -2.24. The Kier molecular flexibility index (Phi) is 7.33. The second-order valence-electron chi connectivity index (χ2n) is 8.82. The van der Waals surface area contributed by atoms with Crippen molar-refractivity contribution in [1.29, 1.82) is 0 Å². The highest BCUT2D eigenvalue weighted by Crippen LogP contribution is 2.41. The minimum atomic E-state index is -3.29. The highest BCUT2D eigenvalue weighted by molar-refractivity contribution is 5.96. The number of halogens is 3. The van der Waals surface area contributed by atoms with E-state index in [1.807, 2.05) is 0 Å². The van der Waals surface area contributed by atoms with Gasteiger partial charge in [-0.3, -0.25) is 19.1 Å². The van der Waals surface area contributed by atoms with Gasteiger partial charge in [0.25, 0.3) is 11.5 Å². The summed E-state index contributed by atoms with van der Waals surface area (Å²) in [7, 11) is 1.21. The Labute approximate surface area is 209 Å². The summed E-state index contributed by atoms with van der Waals surface area (Å²) in [6.07, 6.45) is -1.88. The number of hydrogen-bond acceptors (Lipinski definition) is 6. The van der Waals surface area contributed by atoms with Gasteiger partial charge in [-0.1, -0.05) is 42.5 Å². The Hall–Kier alpha value is -4.15. The molecule has 0 unspecified atom stereocenters. The number of ether oxygens (including phenoxy) is 1. The van der Waals surface area contributed by atoms with Gasteiger partial charge < -0.3 is 9.84 Å². The number of amides is 1. The first-order valence-electron chi connectivity index (χ1n) is 11.5. The van der Waals surface area contributed by atoms with E-state index in [1.54, 1.807) is 30.3 Å². The quantitative estimate of drug-likeness (QED) is 0.475. The van der Waals surface area contributed by atoms with Crippen molar-refractivity contribution in [2.24, 2.45) is 7.05 Å². The molecule has 1 amide bonds. The smallest absolute Gasteiger partial charge is 0.410 e. The fraction of sp³-hybridized carbons (Fsp3) is 0.308. The largest absolute Gasteiger partial charge is 0.501 e. The molecule has 11 heteroatoms. The van der Waals surface area contributed by atoms with Crippen molar-refractivity contribution in [1.82, 2.24) is 14.5 Å². The van der Waals surface area contributed by atoms with E-state index in [4.69, 9.17) is 4.74 Å². The van der Waals surface area contributed by atoms with E-state index in [2.05, 4.69) is 4.98 Å². The van der Waals surface area contributed by atoms with Crippen molar-refractivity contribution in [3.05, 3.63) is 93.4 Å². The van der Waals surface area contributed by atoms with Crippen LogP contribution in [0.15, 0.2) is 59.4 Å². The van der Waals surface area contributed by atoms with Gasteiger partial charge in [0.05, 0.1) is 12.6 Å². The molecule has 0 spiro atoms. The number of rotatable bonds is 7. The number of alkyl halides is 2. The number of aromatic hydroxyl groups is 1. The van der Waals surface area contributed by atoms with E-state index in [1.165, 1.54) is 31.3 Å². The van der Waals surface area contributed by atoms with Crippen LogP contribution in [0.25, 0.3) is 0 Å². The van der Waals surface area contributed by atoms with Crippen LogP contribution in [0.4, 0.5) is 18.0 Å². The maximum Gasteiger partial charge on any atom is 0.410 e. The molecule has 1 atom stereocenters. The Bertz CT molecular complexity index is 1360. The van der Waals surface area contributed by atoms with Crippen LogP contribution in [0, 0.1) is 5.82 Å². The summed E-state index contributed by atoms with van der Waals surface area (Å²) in [5.74, 6) is -5.63. The van der Waals surface area contributed by atoms with Crippen LogP contribution >= 0.6 is 0 Å². The summed E-state index contributed by atoms with van der Waals surface area (Å²) in [6.45, 7) is -1.11. The Morgan fingerprint density at radius 3 is 2.46 bits per heavy atom. The fourth-order valence-corrected chi connectivity index (χ4v) is 4.17. The molecular formula is C26H24F3N3O5. The molecule has 0 aliphatic carbocycles. The lowest BCUT2D eigenvalue weighted by atomic mass is 10.1. The van der Waals surface area contributed by atoms with E-state index in [9.17, 15) is 32.7 Å². The van der Waals surface area contributed by atoms with Crippen molar-refractivity contribution in [2.75, 3.05) is 6.54 Å². The minimum absolute atomic E-state index is 0.149. The Morgan fingerprint density at radius 2 is 1.78 bits per heavy atom. The molecule has 3 aromatic rings. The zero-order valence-electron chi connectivity index (χ0n) is 19.9. The van der Waals surface area contributed by atoms with Crippen LogP contribution in [0.1, 0.15) is 46.3 Å². The summed E-state index contributed by atoms with van der Waals surface area (Å²) < 4.78 is 48.1. The van der Waals surface area contributed by atoms with Gasteiger partial charge in [0.15, 0.2) is 11.5 Å². The molecule has 4 rings (SSSR count). The van der Waals surface area contributed by atoms with Gasteiger partial charge >= 0.3 is 6.09 Å². The number of hydrogen-bond donors (Lipinski definition) is 1. The number of benzene rings is 2. The van der Waals surface area contributed by atoms with Crippen LogP contribution in [-0.2, 0) is 24.8 Å². The predicted molar refractivity (Wildman–Crippen MR) is 126 cm³/mol. The lowest BCUT2D eigenvalue weighted by molar-refractivity contribution is 0.0101. The Morgan fingerprint density at radius 1 is 1.11 bits per heavy atom. The molecule has 1 aliphatic heterocycles. The van der Waals surface area contributed by atoms with Gasteiger partial charge in [-0.25, -0.2) is 22.9 Å². The van der Waals surface area contributed by atoms with Crippen LogP contribution in [0.2, 0.25) is 0 Å². The zero-order valence-corrected chi connectivity index (χ0v) is 19.9. The van der Waals surface area contributed by atoms with E-state index in [0.29, 0.717) is 11.1 Å². The van der Waals surface area contributed by atoms with Gasteiger partial charge in [-0.05, 0) is 29.7 Å². The van der Waals surface area contributed by atoms with Crippen molar-refractivity contribution in [3.63, 3.8) is 0 Å². The predicted octanol–water partition coefficient (Wildman–Crippen LogP) is 4.16. The molecule has 0 bridgehead atoms. The molecule has 0 saturated carbocycles. The maximum absolute atomic E-state index is 14.5. The van der Waals surface area contributed by atoms with Crippen molar-refractivity contribution in [2.45, 2.75) is 37.8 Å². The minimum Gasteiger partial charge on any atom is -0.501 e. The van der Waals surface area contributed by atoms with E-state index >= 15 is 0 Å². The van der Waals surface area contributed by atoms with Crippen molar-refractivity contribution >= 4 is 11.9 Å². The van der Waals surface area contributed by atoms with Gasteiger partial charge in [0, 0.05) is 19.9 Å². The monoisotopic (exact) mass is 515 g/mol. The third-order valence-electron chi connectivity index (χ3n) is 6.13. The molecule has 1 saturated heterocycles. The molecule has 0 radical (unpaired) electrons. The number of carbonyl (C=O) groups excluding carboxylic acids is 2. The topological polar surface area (TPSA) is 102 Å². The number of carbonyl (C=O) groups is 2. The molecule has 194 valence electrons. The molecule has 8 nitrogen and oxygen atoms in total. The van der Waals surface area contributed by atoms with Gasteiger partial charge in [0.1, 0.15) is 18.2 Å². The molecule has 1 aromatic heterocycles. The number of likely N-dealkylation sites (tertiary alicyclic amines) is 1. The van der Waals surface area contributed by atoms with Crippen molar-refractivity contribution < 1.29 is 32.6 Å². The standard InChI is InChI=1S/C26H24F3N3O5/c1-31-23(19-13-26(28,29)15-32(19)25(36)37-14-17-5-3-2-4-6-17)30-21(22(34)24(31)35)20(33)12-9-16-7-10-18(27)11-8-16/h2-8,10-11,19,34H,9,12-15H2,1H3/t19-/m0/s1. The normalized spacial score (nSPS) is 16.5. The molecule has 2 heterocycles. The van der Waals surface area contributed by atoms with Crippen molar-refractivity contribution in [3.8, 4) is 5.75 Å². The summed E-state index contributed by atoms with van der Waals surface area (Å²) in [5.41, 5.74) is -0.292. The molecule has 1 aliphatic rings. The zero-order chi connectivity index (χ0) is 26.7. The van der Waals surface area contributed by atoms with Crippen LogP contribution < -0.4 is 5.56 Å². The first kappa shape index (κ1) is 25.9. The third kappa shape index (κ3) is 5.82. The van der Waals surface area contributed by atoms with Gasteiger partial charge in [0.2, 0.25) is 5.75 Å². The number of ketones is 1. The highest BCUT2D eigenvalue weighted by Gasteiger charge is 2.50. The van der Waals surface area contributed by atoms with Gasteiger partial charge in [-0.2, -0.15) is 0 Å². The molecular weight excluding hydrogens is 491 g/mol. The molecule has 1 fully saturated rings. The van der Waals surface area contributed by atoms with Gasteiger partial charge in [-0.15, -0.1) is 0 Å². The first-order valence-corrected chi connectivity index (χ1v) is 11.5. The third-order valence-corrected chi connectivity index (χ3v) is 6.13. The second kappa shape index (κ2) is 10.5. The average Bonchev–Trinajstić information content (AvgIpc) is 3.21. The highest BCUT2D eigenvalue weighted by atomic mass is 19.3. The molecule has 1 N–H and O–H groups in total. The SMILES string of the molecule is Cn1c([C@@H]2CC(F)(F)CN2C(=O)OCc2ccccc2)nc(C(=O)CCc2ccc(F)cc2)c(O)c1=O. The maximum atomic E-state index is 14.5. The van der Waals surface area contributed by atoms with Crippen LogP contribution in [0.3, 0.4) is 0 Å². The Balaban J connectivity index is 1.59.